The van der Waals surface area contributed by atoms with Gasteiger partial charge in [-0.05, 0) is 98.2 Å². The first-order valence-electron chi connectivity index (χ1n) is 13.9. The van der Waals surface area contributed by atoms with Crippen molar-refractivity contribution in [1.29, 1.82) is 0 Å². The van der Waals surface area contributed by atoms with Crippen molar-refractivity contribution in [3.8, 4) is 0 Å². The summed E-state index contributed by atoms with van der Waals surface area (Å²) in [5.41, 5.74) is 0.418. The van der Waals surface area contributed by atoms with Crippen molar-refractivity contribution in [1.82, 2.24) is 0 Å². The van der Waals surface area contributed by atoms with Crippen molar-refractivity contribution < 1.29 is 28.6 Å². The number of methoxy groups -OCH3 is 1. The fourth-order valence-corrected chi connectivity index (χ4v) is 9.46. The van der Waals surface area contributed by atoms with Gasteiger partial charge in [0.1, 0.15) is 12.2 Å². The number of hydrogen-bond acceptors (Lipinski definition) is 6. The first kappa shape index (κ1) is 26.5. The molecule has 35 heavy (non-hydrogen) atoms. The van der Waals surface area contributed by atoms with Gasteiger partial charge in [0.15, 0.2) is 0 Å². The van der Waals surface area contributed by atoms with Gasteiger partial charge in [0.05, 0.1) is 7.11 Å². The van der Waals surface area contributed by atoms with Crippen LogP contribution in [0, 0.1) is 46.3 Å². The molecule has 0 radical (unpaired) electrons. The summed E-state index contributed by atoms with van der Waals surface area (Å²) in [7, 11) is 1.47. The molecule has 0 aliphatic heterocycles. The van der Waals surface area contributed by atoms with Gasteiger partial charge < -0.3 is 14.2 Å². The van der Waals surface area contributed by atoms with Crippen LogP contribution >= 0.6 is 0 Å². The molecule has 198 valence electrons. The highest BCUT2D eigenvalue weighted by Gasteiger charge is 2.63. The van der Waals surface area contributed by atoms with E-state index in [1.165, 1.54) is 39.7 Å². The minimum atomic E-state index is -0.199. The smallest absolute Gasteiger partial charge is 0.305 e. The average molecular weight is 491 g/mol. The van der Waals surface area contributed by atoms with Gasteiger partial charge in [0, 0.05) is 26.2 Å². The Labute approximate surface area is 211 Å². The van der Waals surface area contributed by atoms with Crippen molar-refractivity contribution >= 4 is 17.9 Å². The second-order valence-electron chi connectivity index (χ2n) is 12.7. The number of ether oxygens (including phenoxy) is 3. The van der Waals surface area contributed by atoms with Crippen LogP contribution in [0.25, 0.3) is 0 Å². The predicted octanol–water partition coefficient (Wildman–Crippen LogP) is 5.71. The monoisotopic (exact) mass is 490 g/mol. The molecule has 4 aliphatic carbocycles. The molecule has 0 aromatic carbocycles. The summed E-state index contributed by atoms with van der Waals surface area (Å²) in [5.74, 6) is 2.43. The number of carbonyl (C=O) groups is 3. The first-order valence-corrected chi connectivity index (χ1v) is 13.9. The molecule has 0 aromatic heterocycles. The maximum absolute atomic E-state index is 12.2. The summed E-state index contributed by atoms with van der Waals surface area (Å²) >= 11 is 0. The molecule has 6 nitrogen and oxygen atoms in total. The van der Waals surface area contributed by atoms with Crippen LogP contribution in [-0.2, 0) is 28.6 Å². The molecule has 6 heteroatoms. The summed E-state index contributed by atoms with van der Waals surface area (Å²) in [5, 5.41) is 0. The molecular weight excluding hydrogens is 444 g/mol. The van der Waals surface area contributed by atoms with Crippen LogP contribution in [-0.4, -0.2) is 37.2 Å². The molecular formula is C29H46O6. The zero-order chi connectivity index (χ0) is 25.5. The summed E-state index contributed by atoms with van der Waals surface area (Å²) in [4.78, 5) is 35.6. The molecule has 0 bridgehead atoms. The van der Waals surface area contributed by atoms with E-state index >= 15 is 0 Å². The topological polar surface area (TPSA) is 78.9 Å². The van der Waals surface area contributed by atoms with E-state index in [1.807, 2.05) is 0 Å². The van der Waals surface area contributed by atoms with Gasteiger partial charge in [0.2, 0.25) is 0 Å². The zero-order valence-corrected chi connectivity index (χ0v) is 22.6. The summed E-state index contributed by atoms with van der Waals surface area (Å²) in [6, 6.07) is 0. The van der Waals surface area contributed by atoms with E-state index in [2.05, 4.69) is 20.8 Å². The summed E-state index contributed by atoms with van der Waals surface area (Å²) in [6.07, 6.45) is 9.80. The van der Waals surface area contributed by atoms with E-state index in [1.54, 1.807) is 6.92 Å². The largest absolute Gasteiger partial charge is 0.469 e. The highest BCUT2D eigenvalue weighted by atomic mass is 16.5. The normalized spacial score (nSPS) is 43.2. The fourth-order valence-electron chi connectivity index (χ4n) is 9.46. The van der Waals surface area contributed by atoms with E-state index in [4.69, 9.17) is 14.2 Å². The third-order valence-corrected chi connectivity index (χ3v) is 11.1. The predicted molar refractivity (Wildman–Crippen MR) is 132 cm³/mol. The lowest BCUT2D eigenvalue weighted by Crippen LogP contribution is -2.59. The lowest BCUT2D eigenvalue weighted by molar-refractivity contribution is -0.197. The van der Waals surface area contributed by atoms with Crippen LogP contribution in [0.15, 0.2) is 0 Å². The highest BCUT2D eigenvalue weighted by Crippen LogP contribution is 2.68. The summed E-state index contributed by atoms with van der Waals surface area (Å²) in [6.45, 7) is 10.3. The molecule has 4 unspecified atom stereocenters. The Balaban J connectivity index is 1.57. The van der Waals surface area contributed by atoms with Crippen molar-refractivity contribution in [3.63, 3.8) is 0 Å². The van der Waals surface area contributed by atoms with E-state index in [-0.39, 0.29) is 40.9 Å². The maximum atomic E-state index is 12.2. The molecule has 0 N–H and O–H groups in total. The van der Waals surface area contributed by atoms with Gasteiger partial charge in [-0.3, -0.25) is 14.4 Å². The average Bonchev–Trinajstić information content (AvgIpc) is 3.14. The quantitative estimate of drug-likeness (QED) is 0.351. The second kappa shape index (κ2) is 10.0. The van der Waals surface area contributed by atoms with Crippen molar-refractivity contribution in [2.45, 2.75) is 111 Å². The second-order valence-corrected chi connectivity index (χ2v) is 12.7. The Morgan fingerprint density at radius 3 is 2.20 bits per heavy atom. The number of hydrogen-bond donors (Lipinski definition) is 0. The molecule has 0 amide bonds. The third-order valence-electron chi connectivity index (χ3n) is 11.1. The Kier molecular flexibility index (Phi) is 7.60. The van der Waals surface area contributed by atoms with Gasteiger partial charge in [0.25, 0.3) is 0 Å². The SMILES string of the molecule is COC(=O)CC[C@H](C)[C@H]1CCC2C3C(OC(C)=O)C[C@@H]4C[C@H](OC(C)=O)CC[C@]4(C)C3CC[C@@]21C. The molecule has 4 rings (SSSR count). The molecule has 4 fully saturated rings. The minimum absolute atomic E-state index is 0.0134. The van der Waals surface area contributed by atoms with Crippen LogP contribution in [0.4, 0.5) is 0 Å². The van der Waals surface area contributed by atoms with Gasteiger partial charge in [-0.1, -0.05) is 20.8 Å². The molecule has 4 saturated carbocycles. The Morgan fingerprint density at radius 1 is 0.886 bits per heavy atom. The van der Waals surface area contributed by atoms with E-state index in [0.717, 1.165) is 32.1 Å². The molecule has 10 atom stereocenters. The standard InChI is InChI=1S/C29H46O6/c1-17(7-10-26(32)33-6)22-8-9-23-27-24(12-14-29(22,23)5)28(4)13-11-21(34-18(2)30)15-20(28)16-25(27)35-19(3)31/h17,20-25,27H,7-16H2,1-6H3/t17-,20-,21+,22+,23?,24?,25?,27?,28-,29+/m0/s1. The number of carbonyl (C=O) groups excluding carboxylic acids is 3. The van der Waals surface area contributed by atoms with Crippen molar-refractivity contribution in [2.24, 2.45) is 46.3 Å². The number of rotatable bonds is 6. The Hall–Kier alpha value is -1.59. The van der Waals surface area contributed by atoms with Gasteiger partial charge in [-0.2, -0.15) is 0 Å². The van der Waals surface area contributed by atoms with Crippen LogP contribution in [0.2, 0.25) is 0 Å². The van der Waals surface area contributed by atoms with E-state index < -0.39 is 0 Å². The van der Waals surface area contributed by atoms with Gasteiger partial charge >= 0.3 is 17.9 Å². The first-order chi connectivity index (χ1) is 16.5. The van der Waals surface area contributed by atoms with E-state index in [9.17, 15) is 14.4 Å². The van der Waals surface area contributed by atoms with Crippen LogP contribution in [0.3, 0.4) is 0 Å². The lowest BCUT2D eigenvalue weighted by atomic mass is 9.43. The number of fused-ring (bicyclic) bond motifs is 5. The molecule has 0 saturated heterocycles. The van der Waals surface area contributed by atoms with Crippen molar-refractivity contribution in [3.05, 3.63) is 0 Å². The third kappa shape index (κ3) is 4.87. The molecule has 0 heterocycles. The molecule has 0 aromatic rings. The minimum Gasteiger partial charge on any atom is -0.469 e. The fraction of sp³-hybridized carbons (Fsp3) is 0.897. The maximum Gasteiger partial charge on any atom is 0.305 e. The molecule has 4 aliphatic rings. The van der Waals surface area contributed by atoms with Gasteiger partial charge in [-0.15, -0.1) is 0 Å². The number of esters is 3. The van der Waals surface area contributed by atoms with E-state index in [0.29, 0.717) is 41.9 Å². The van der Waals surface area contributed by atoms with Crippen LogP contribution in [0.5, 0.6) is 0 Å². The molecule has 0 spiro atoms. The Bertz CT molecular complexity index is 824. The zero-order valence-electron chi connectivity index (χ0n) is 22.6. The van der Waals surface area contributed by atoms with Crippen LogP contribution < -0.4 is 0 Å². The van der Waals surface area contributed by atoms with Crippen LogP contribution in [0.1, 0.15) is 98.8 Å². The Morgan fingerprint density at radius 2 is 1.54 bits per heavy atom. The lowest BCUT2D eigenvalue weighted by Gasteiger charge is -2.62. The van der Waals surface area contributed by atoms with Crippen molar-refractivity contribution in [2.75, 3.05) is 7.11 Å². The summed E-state index contributed by atoms with van der Waals surface area (Å²) < 4.78 is 16.6. The highest BCUT2D eigenvalue weighted by molar-refractivity contribution is 5.69. The van der Waals surface area contributed by atoms with Gasteiger partial charge in [-0.25, -0.2) is 0 Å².